The molecule has 0 radical (unpaired) electrons. The fourth-order valence-corrected chi connectivity index (χ4v) is 0. The first kappa shape index (κ1) is 387. The molecule has 0 saturated heterocycles. The third-order valence-corrected chi connectivity index (χ3v) is 0. The van der Waals surface area contributed by atoms with E-state index in [-0.39, 0.29) is 379 Å². The van der Waals surface area contributed by atoms with Crippen LogP contribution in [0.1, 0.15) is 423 Å². The third kappa shape index (κ3) is 254000. The first-order valence-electron chi connectivity index (χ1n) is 35.0. The lowest BCUT2D eigenvalue weighted by Gasteiger charge is -0.345. The Hall–Kier alpha value is -2.08. The average molecular weight is 1850 g/mol. The predicted octanol–water partition coefficient (Wildman–Crippen LogP) is 44.0. The van der Waals surface area contributed by atoms with Crippen LogP contribution < -0.4 is 319 Å². The summed E-state index contributed by atoms with van der Waals surface area (Å²) in [5.41, 5.74) is 0. The quantitative estimate of drug-likeness (QED) is 0.107. The molecule has 0 aliphatic heterocycles. The minimum absolute atomic E-state index is 0. The topological polar surface area (TPSA) is 1820 Å². The SMILES string of the molecule is C.C.C.C.C.C.C.C.C.C.C.C.C.C.C.C.C.C.C.C.C.C.C.C.C.C.C.C.C.C.C.C.C.C.C.C.C.C.C.C.C.C.C.C.C.C.C.C.C.C.C.[2H]N.[2H]N.[2H]N.[2H]N.[2H]N.[2H]N.[2H]N.[2H]N.[2H]N.[2H]N.[2H]N.[2H]N.[2H]N.[2H]N.[2H]N.[2H]N.[2H]N.[2H]N.[2H]N.[2H]N.[2H]N.[2H]N.[2H]N.[2H]N.[2H]N.[2H]N.[2H]N.[2H]N.[2H]N.[2H]N.[2H]N.[2H]N.[2H]N.[2H]N.[2H]N.[2H]N.[2H]N.[2H]N.[2H]N.[2H]N.[2H]N.[2H]N.[2H]N.[2H]N.[2H]N.[2H]N.[2H]N.[2H]N.[2H]N.[2H]N.[3H]C.[3H]C.[3H]C.[3H]C.[3H]C.[3H]N.[3H]N. The molecule has 156 N–H and O–H groups in total. The number of rotatable bonds is 0. The highest BCUT2D eigenvalue weighted by Gasteiger charge is -0.0122. The summed E-state index contributed by atoms with van der Waals surface area (Å²) in [5, 5.41) is 0. The maximum atomic E-state index is 5.75. The van der Waals surface area contributed by atoms with Crippen molar-refractivity contribution in [3.8, 4) is 0 Å². The molecule has 0 amide bonds. The van der Waals surface area contributed by atoms with E-state index in [0.29, 0.717) is 0 Å². The van der Waals surface area contributed by atoms with Crippen molar-refractivity contribution in [2.24, 2.45) is 0 Å². The highest BCUT2D eigenvalue weighted by molar-refractivity contribution is 2.57. The molecule has 0 aliphatic carbocycles. The highest BCUT2D eigenvalue weighted by Crippen LogP contribution is 0.204. The van der Waals surface area contributed by atoms with E-state index < -0.39 is 0 Å². The van der Waals surface area contributed by atoms with E-state index in [4.69, 9.17) is 80.3 Å². The van der Waals surface area contributed by atoms with Gasteiger partial charge in [0.05, 0.1) is 0 Å². The fraction of sp³-hybridized carbons (Fsp3) is 1.00. The van der Waals surface area contributed by atoms with Gasteiger partial charge in [0.25, 0.3) is 0 Å². The van der Waals surface area contributed by atoms with Crippen LogP contribution in [-0.2, 0) is 0 Å². The molecule has 52 nitrogen and oxygen atoms in total. The molecule has 0 aliphatic rings. The zero-order chi connectivity index (χ0) is 114. The zero-order valence-electron chi connectivity index (χ0n) is 92.0. The Bertz CT molecular complexity index is 261. The molecule has 0 heterocycles. The van der Waals surface area contributed by atoms with E-state index in [0.717, 1.165) is 0 Å². The van der Waals surface area contributed by atoms with Gasteiger partial charge in [-0.1, -0.05) is 416 Å². The van der Waals surface area contributed by atoms with Gasteiger partial charge in [0.2, 0.25) is 0 Å². The second-order valence-corrected chi connectivity index (χ2v) is 0. The molecular formula is C56H380N52. The Morgan fingerprint density at radius 2 is 0.0648 bits per heavy atom. The molecular weight excluding hydrogens is 1400 g/mol. The van der Waals surface area contributed by atoms with Gasteiger partial charge in [-0.15, -0.1) is 0 Å². The van der Waals surface area contributed by atoms with Crippen molar-refractivity contribution < 1.29 is 80.3 Å². The van der Waals surface area contributed by atoms with Gasteiger partial charge in [-0.25, -0.2) is 0 Å². The number of hydrogen-bond acceptors (Lipinski definition) is 52. The summed E-state index contributed by atoms with van der Waals surface area (Å²) in [6.07, 6.45) is 195. The van der Waals surface area contributed by atoms with Crippen molar-refractivity contribution in [1.82, 2.24) is 319 Å². The number of hydrogen-bond donors (Lipinski definition) is 52. The predicted molar refractivity (Wildman–Crippen MR) is 638 cm³/mol. The summed E-state index contributed by atoms with van der Waals surface area (Å²) >= 11 is 0. The Morgan fingerprint density at radius 1 is 0.0648 bits per heavy atom. The first-order valence-corrected chi connectivity index (χ1v) is 0. The lowest BCUT2D eigenvalue weighted by atomic mass is 12.0. The molecule has 52 heteroatoms. The van der Waals surface area contributed by atoms with Gasteiger partial charge in [0, 0.05) is 6.85 Å². The van der Waals surface area contributed by atoms with Gasteiger partial charge in [-0.3, -0.25) is 0 Å². The van der Waals surface area contributed by atoms with Crippen LogP contribution in [0.15, 0.2) is 0 Å². The minimum atomic E-state index is 0. The van der Waals surface area contributed by atoms with Gasteiger partial charge in [-0.05, 0) is 0 Å². The van der Waals surface area contributed by atoms with Crippen molar-refractivity contribution in [2.45, 2.75) is 416 Å². The van der Waals surface area contributed by atoms with Gasteiger partial charge in [-0.2, -0.15) is 0 Å². The molecule has 0 aromatic heterocycles. The molecule has 108 heavy (non-hydrogen) atoms. The van der Waals surface area contributed by atoms with Crippen LogP contribution in [0, 0.1) is 0 Å². The second kappa shape index (κ2) is 262000. The Labute approximate surface area is 816 Å². The summed E-state index contributed by atoms with van der Waals surface area (Å²) in [7, 11) is 6.25. The summed E-state index contributed by atoms with van der Waals surface area (Å²) in [4.78, 5) is 0. The second-order valence-electron chi connectivity index (χ2n) is 0. The van der Waals surface area contributed by atoms with Crippen LogP contribution in [0.2, 0.25) is 73.4 Å². The lowest BCUT2D eigenvalue weighted by Crippen LogP contribution is -0.482. The summed E-state index contributed by atoms with van der Waals surface area (Å²) < 4.78 is 302. The largest absolute Gasteiger partial charge is 0.344 e. The van der Waals surface area contributed by atoms with Gasteiger partial charge < -0.3 is 319 Å². The van der Waals surface area contributed by atoms with E-state index in [1.807, 2.05) is 0 Å². The van der Waals surface area contributed by atoms with Crippen LogP contribution >= 0.6 is 0 Å². The Kier molecular flexibility index (Phi) is 937000. The third-order valence-electron chi connectivity index (χ3n) is 0. The van der Waals surface area contributed by atoms with E-state index >= 15 is 0 Å². The van der Waals surface area contributed by atoms with Gasteiger partial charge in [0.15, 0.2) is 0 Å². The Morgan fingerprint density at radius 3 is 0.0648 bits per heavy atom. The van der Waals surface area contributed by atoms with Gasteiger partial charge in [0.1, 0.15) is 73.4 Å². The van der Waals surface area contributed by atoms with Crippen molar-refractivity contribution in [2.75, 3.05) is 0 Å². The summed E-state index contributed by atoms with van der Waals surface area (Å²) in [6.45, 7) is 0. The maximum Gasteiger partial charge on any atom is 0.115 e. The molecule has 0 atom stereocenters. The molecule has 0 aromatic rings. The average Bonchev–Trinajstić information content (AvgIpc) is 3.96. The molecule has 0 fully saturated rings. The smallest absolute Gasteiger partial charge is 0.115 e. The monoisotopic (exact) mass is 1850 g/mol. The fourth-order valence-electron chi connectivity index (χ4n) is 0. The molecule has 0 spiro atoms. The van der Waals surface area contributed by atoms with Crippen molar-refractivity contribution in [3.05, 3.63) is 0 Å². The van der Waals surface area contributed by atoms with E-state index in [9.17, 15) is 0 Å². The molecule has 864 valence electrons. The first-order chi connectivity index (χ1) is 57.0. The standard InChI is InChI=1S/56CH4.52H3N/h56*1H4;52*1H3/i5*1T;;;;;;;;;;;;;;;;;;;;;;;;;;;;;;;;;;;;;;;;;;;;;;;;;;;;;;;;;;;;;;;;;;;;;;;;;;;;;;;;;;;;;;;;;;;;;;;;;;;;;;;/hT2D50. The van der Waals surface area contributed by atoms with Crippen LogP contribution in [0.5, 0.6) is 0 Å². The Balaban J connectivity index is -0.00000000188. The molecule has 0 bridgehead atoms. The van der Waals surface area contributed by atoms with Crippen molar-refractivity contribution in [1.29, 1.82) is 0 Å². The van der Waals surface area contributed by atoms with Crippen LogP contribution in [0.4, 0.5) is 0 Å². The molecule has 0 aromatic carbocycles. The van der Waals surface area contributed by atoms with Crippen LogP contribution in [-0.4, -0.2) is 0 Å². The van der Waals surface area contributed by atoms with E-state index in [2.05, 4.69) is 319 Å². The summed E-state index contributed by atoms with van der Waals surface area (Å²) in [5.74, 6) is 0. The van der Waals surface area contributed by atoms with E-state index in [1.54, 1.807) is 0 Å². The minimum Gasteiger partial charge on any atom is -0.344 e. The maximum absolute atomic E-state index is 5.75. The molecule has 0 saturated carbocycles. The van der Waals surface area contributed by atoms with Crippen molar-refractivity contribution in [3.63, 3.8) is 0 Å². The zero-order valence-corrected chi connectivity index (χ0v) is 35.0. The van der Waals surface area contributed by atoms with Crippen LogP contribution in [0.3, 0.4) is 0 Å². The normalized spacial score (nSPS) is 3.69. The molecule has 0 rings (SSSR count). The lowest BCUT2D eigenvalue weighted by molar-refractivity contribution is 2.13. The summed E-state index contributed by atoms with van der Waals surface area (Å²) in [6, 6.07) is 0. The van der Waals surface area contributed by atoms with Crippen molar-refractivity contribution >= 4 is 0 Å². The van der Waals surface area contributed by atoms with Crippen LogP contribution in [0.25, 0.3) is 0 Å². The van der Waals surface area contributed by atoms with E-state index in [1.165, 1.54) is 37.0 Å². The highest BCUT2D eigenvalue weighted by atomic mass is 14.1. The van der Waals surface area contributed by atoms with Gasteiger partial charge >= 0.3 is 0 Å². The molecule has 0 unspecified atom stereocenters.